The highest BCUT2D eigenvalue weighted by Crippen LogP contribution is 2.23. The Labute approximate surface area is 150 Å². The maximum absolute atomic E-state index is 13.0. The summed E-state index contributed by atoms with van der Waals surface area (Å²) in [6, 6.07) is 9.97. The number of aromatic nitrogens is 2. The summed E-state index contributed by atoms with van der Waals surface area (Å²) in [4.78, 5) is 0.315. The van der Waals surface area contributed by atoms with Crippen molar-refractivity contribution < 1.29 is 8.42 Å². The second-order valence-corrected chi connectivity index (χ2v) is 8.56. The van der Waals surface area contributed by atoms with Gasteiger partial charge < -0.3 is 5.32 Å². The fourth-order valence-electron chi connectivity index (χ4n) is 2.81. The first kappa shape index (κ1) is 19.6. The average Bonchev–Trinajstić information content (AvgIpc) is 2.82. The number of aryl methyl sites for hydroxylation is 1. The maximum Gasteiger partial charge on any atom is 0.246 e. The molecule has 0 saturated heterocycles. The third-order valence-corrected chi connectivity index (χ3v) is 6.16. The Kier molecular flexibility index (Phi) is 6.37. The standard InChI is InChI=1S/C18H28N4O2S/c1-14(2)19-11-12-22-16(4)18(15(3)20-22)25(23,24)21(5)13-17-9-7-6-8-10-17/h6-10,14,19H,11-13H2,1-5H3. The van der Waals surface area contributed by atoms with Crippen LogP contribution in [0.15, 0.2) is 35.2 Å². The highest BCUT2D eigenvalue weighted by atomic mass is 32.2. The normalized spacial score (nSPS) is 12.3. The molecule has 0 radical (unpaired) electrons. The lowest BCUT2D eigenvalue weighted by Crippen LogP contribution is -2.28. The number of nitrogens with zero attached hydrogens (tertiary/aromatic N) is 3. The van der Waals surface area contributed by atoms with E-state index in [0.717, 1.165) is 12.1 Å². The summed E-state index contributed by atoms with van der Waals surface area (Å²) in [6.45, 7) is 9.45. The Morgan fingerprint density at radius 3 is 2.44 bits per heavy atom. The molecule has 6 nitrogen and oxygen atoms in total. The van der Waals surface area contributed by atoms with E-state index in [1.807, 2.05) is 37.3 Å². The van der Waals surface area contributed by atoms with E-state index in [2.05, 4.69) is 24.3 Å². The molecule has 0 aliphatic carbocycles. The van der Waals surface area contributed by atoms with E-state index in [0.29, 0.717) is 35.4 Å². The summed E-state index contributed by atoms with van der Waals surface area (Å²) in [5.41, 5.74) is 2.18. The van der Waals surface area contributed by atoms with Gasteiger partial charge >= 0.3 is 0 Å². The summed E-state index contributed by atoms with van der Waals surface area (Å²) in [5.74, 6) is 0. The summed E-state index contributed by atoms with van der Waals surface area (Å²) in [7, 11) is -1.98. The molecule has 0 saturated carbocycles. The molecule has 0 unspecified atom stereocenters. The molecule has 7 heteroatoms. The number of benzene rings is 1. The van der Waals surface area contributed by atoms with E-state index in [1.54, 1.807) is 18.7 Å². The largest absolute Gasteiger partial charge is 0.313 e. The third kappa shape index (κ3) is 4.68. The van der Waals surface area contributed by atoms with E-state index >= 15 is 0 Å². The van der Waals surface area contributed by atoms with Crippen LogP contribution in [0.2, 0.25) is 0 Å². The Hall–Kier alpha value is -1.70. The van der Waals surface area contributed by atoms with E-state index in [4.69, 9.17) is 0 Å². The molecule has 0 fully saturated rings. The first-order valence-electron chi connectivity index (χ1n) is 8.51. The lowest BCUT2D eigenvalue weighted by molar-refractivity contribution is 0.465. The molecule has 0 amide bonds. The van der Waals surface area contributed by atoms with Crippen molar-refractivity contribution in [1.29, 1.82) is 0 Å². The summed E-state index contributed by atoms with van der Waals surface area (Å²) in [5, 5.41) is 7.76. The molecule has 0 bridgehead atoms. The number of hydrogen-bond acceptors (Lipinski definition) is 4. The first-order valence-corrected chi connectivity index (χ1v) is 9.95. The van der Waals surface area contributed by atoms with Crippen LogP contribution in [0.25, 0.3) is 0 Å². The smallest absolute Gasteiger partial charge is 0.246 e. The SMILES string of the molecule is Cc1nn(CCNC(C)C)c(C)c1S(=O)(=O)N(C)Cc1ccccc1. The Morgan fingerprint density at radius 1 is 1.20 bits per heavy atom. The zero-order chi connectivity index (χ0) is 18.6. The van der Waals surface area contributed by atoms with Crippen molar-refractivity contribution >= 4 is 10.0 Å². The van der Waals surface area contributed by atoms with Gasteiger partial charge in [-0.25, -0.2) is 8.42 Å². The van der Waals surface area contributed by atoms with Crippen LogP contribution in [0.3, 0.4) is 0 Å². The zero-order valence-electron chi connectivity index (χ0n) is 15.7. The van der Waals surface area contributed by atoms with Crippen LogP contribution in [-0.2, 0) is 23.1 Å². The molecule has 0 aliphatic rings. The van der Waals surface area contributed by atoms with Crippen LogP contribution in [0.4, 0.5) is 0 Å². The molecule has 1 aromatic heterocycles. The molecule has 138 valence electrons. The lowest BCUT2D eigenvalue weighted by atomic mass is 10.2. The third-order valence-electron chi connectivity index (χ3n) is 4.11. The fraction of sp³-hybridized carbons (Fsp3) is 0.500. The highest BCUT2D eigenvalue weighted by Gasteiger charge is 2.28. The number of hydrogen-bond donors (Lipinski definition) is 1. The number of sulfonamides is 1. The number of rotatable bonds is 8. The average molecular weight is 365 g/mol. The molecular formula is C18H28N4O2S. The lowest BCUT2D eigenvalue weighted by Gasteiger charge is -2.17. The van der Waals surface area contributed by atoms with Gasteiger partial charge in [0.15, 0.2) is 0 Å². The molecular weight excluding hydrogens is 336 g/mol. The molecule has 25 heavy (non-hydrogen) atoms. The second kappa shape index (κ2) is 8.12. The van der Waals surface area contributed by atoms with Crippen molar-refractivity contribution in [2.24, 2.45) is 0 Å². The Balaban J connectivity index is 2.22. The molecule has 1 aromatic carbocycles. The van der Waals surface area contributed by atoms with E-state index in [1.165, 1.54) is 4.31 Å². The van der Waals surface area contributed by atoms with Gasteiger partial charge in [0.25, 0.3) is 0 Å². The topological polar surface area (TPSA) is 67.2 Å². The molecule has 0 aliphatic heterocycles. The van der Waals surface area contributed by atoms with Crippen molar-refractivity contribution in [3.63, 3.8) is 0 Å². The monoisotopic (exact) mass is 364 g/mol. The Bertz CT molecular complexity index is 798. The fourth-order valence-corrected chi connectivity index (χ4v) is 4.34. The van der Waals surface area contributed by atoms with Crippen LogP contribution in [0, 0.1) is 13.8 Å². The zero-order valence-corrected chi connectivity index (χ0v) is 16.5. The van der Waals surface area contributed by atoms with Crippen LogP contribution in [-0.4, -0.2) is 42.1 Å². The van der Waals surface area contributed by atoms with Gasteiger partial charge in [0.1, 0.15) is 4.90 Å². The van der Waals surface area contributed by atoms with Crippen LogP contribution in [0.1, 0.15) is 30.8 Å². The minimum absolute atomic E-state index is 0.315. The molecule has 0 spiro atoms. The maximum atomic E-state index is 13.0. The van der Waals surface area contributed by atoms with Crippen molar-refractivity contribution in [3.05, 3.63) is 47.3 Å². The van der Waals surface area contributed by atoms with Crippen molar-refractivity contribution in [2.75, 3.05) is 13.6 Å². The molecule has 1 heterocycles. The van der Waals surface area contributed by atoms with Gasteiger partial charge in [-0.1, -0.05) is 44.2 Å². The predicted molar refractivity (Wildman–Crippen MR) is 99.9 cm³/mol. The van der Waals surface area contributed by atoms with Crippen LogP contribution >= 0.6 is 0 Å². The van der Waals surface area contributed by atoms with Crippen LogP contribution in [0.5, 0.6) is 0 Å². The van der Waals surface area contributed by atoms with Gasteiger partial charge in [-0.05, 0) is 19.4 Å². The predicted octanol–water partition coefficient (Wildman–Crippen LogP) is 2.32. The number of nitrogens with one attached hydrogen (secondary N) is 1. The van der Waals surface area contributed by atoms with Gasteiger partial charge in [-0.2, -0.15) is 9.40 Å². The minimum atomic E-state index is -3.59. The van der Waals surface area contributed by atoms with E-state index < -0.39 is 10.0 Å². The second-order valence-electron chi connectivity index (χ2n) is 6.58. The van der Waals surface area contributed by atoms with Gasteiger partial charge in [-0.3, -0.25) is 4.68 Å². The molecule has 1 N–H and O–H groups in total. The van der Waals surface area contributed by atoms with Gasteiger partial charge in [-0.15, -0.1) is 0 Å². The summed E-state index contributed by atoms with van der Waals surface area (Å²) < 4.78 is 29.2. The summed E-state index contributed by atoms with van der Waals surface area (Å²) in [6.07, 6.45) is 0. The minimum Gasteiger partial charge on any atom is -0.313 e. The first-order chi connectivity index (χ1) is 11.7. The highest BCUT2D eigenvalue weighted by molar-refractivity contribution is 7.89. The quantitative estimate of drug-likeness (QED) is 0.781. The van der Waals surface area contributed by atoms with Crippen molar-refractivity contribution in [3.8, 4) is 0 Å². The van der Waals surface area contributed by atoms with Crippen molar-refractivity contribution in [2.45, 2.75) is 51.7 Å². The van der Waals surface area contributed by atoms with Crippen LogP contribution < -0.4 is 5.32 Å². The van der Waals surface area contributed by atoms with Gasteiger partial charge in [0, 0.05) is 26.2 Å². The van der Waals surface area contributed by atoms with Gasteiger partial charge in [0.05, 0.1) is 17.9 Å². The van der Waals surface area contributed by atoms with Crippen molar-refractivity contribution in [1.82, 2.24) is 19.4 Å². The van der Waals surface area contributed by atoms with E-state index in [-0.39, 0.29) is 0 Å². The molecule has 2 rings (SSSR count). The van der Waals surface area contributed by atoms with Gasteiger partial charge in [0.2, 0.25) is 10.0 Å². The molecule has 2 aromatic rings. The summed E-state index contributed by atoms with van der Waals surface area (Å²) >= 11 is 0. The Morgan fingerprint density at radius 2 is 1.84 bits per heavy atom. The van der Waals surface area contributed by atoms with E-state index in [9.17, 15) is 8.42 Å². The molecule has 0 atom stereocenters.